The molecule has 0 aliphatic heterocycles. The van der Waals surface area contributed by atoms with Crippen molar-refractivity contribution in [2.45, 2.75) is 40.0 Å². The molecule has 0 unspecified atom stereocenters. The standard InChI is InChI=1S/C14H24N4O/c1-4-7-8-11-15-13-10-9-12(16-17-13)14(19)18(5-2)6-3/h9-10H,4-8,11H2,1-3H3,(H,15,17). The molecule has 0 bridgehead atoms. The van der Waals surface area contributed by atoms with E-state index in [0.29, 0.717) is 18.8 Å². The van der Waals surface area contributed by atoms with Gasteiger partial charge in [0.15, 0.2) is 5.69 Å². The maximum Gasteiger partial charge on any atom is 0.274 e. The van der Waals surface area contributed by atoms with Gasteiger partial charge in [0.25, 0.3) is 5.91 Å². The van der Waals surface area contributed by atoms with Crippen LogP contribution in [0.15, 0.2) is 12.1 Å². The molecular weight excluding hydrogens is 240 g/mol. The first kappa shape index (κ1) is 15.4. The molecule has 0 atom stereocenters. The number of nitrogens with one attached hydrogen (secondary N) is 1. The van der Waals surface area contributed by atoms with E-state index in [1.807, 2.05) is 19.9 Å². The van der Waals surface area contributed by atoms with Crippen molar-refractivity contribution < 1.29 is 4.79 Å². The number of amides is 1. The van der Waals surface area contributed by atoms with Crippen molar-refractivity contribution >= 4 is 11.7 Å². The van der Waals surface area contributed by atoms with E-state index in [0.717, 1.165) is 18.8 Å². The van der Waals surface area contributed by atoms with E-state index in [1.54, 1.807) is 11.0 Å². The summed E-state index contributed by atoms with van der Waals surface area (Å²) in [6, 6.07) is 3.55. The molecular formula is C14H24N4O. The maximum absolute atomic E-state index is 12.0. The molecule has 1 aromatic heterocycles. The number of carbonyl (C=O) groups excluding carboxylic acids is 1. The molecule has 0 aliphatic carbocycles. The molecule has 0 saturated carbocycles. The van der Waals surface area contributed by atoms with Crippen molar-refractivity contribution in [1.82, 2.24) is 15.1 Å². The fraction of sp³-hybridized carbons (Fsp3) is 0.643. The number of aromatic nitrogens is 2. The van der Waals surface area contributed by atoms with Gasteiger partial charge in [0.1, 0.15) is 5.82 Å². The Morgan fingerprint density at radius 1 is 1.16 bits per heavy atom. The molecule has 0 fully saturated rings. The lowest BCUT2D eigenvalue weighted by Crippen LogP contribution is -2.31. The molecule has 5 heteroatoms. The zero-order valence-electron chi connectivity index (χ0n) is 12.1. The summed E-state index contributed by atoms with van der Waals surface area (Å²) in [6.45, 7) is 8.36. The molecule has 0 aliphatic rings. The Morgan fingerprint density at radius 3 is 2.42 bits per heavy atom. The lowest BCUT2D eigenvalue weighted by Gasteiger charge is -2.17. The summed E-state index contributed by atoms with van der Waals surface area (Å²) in [5.41, 5.74) is 0.405. The van der Waals surface area contributed by atoms with Crippen LogP contribution in [0, 0.1) is 0 Å². The van der Waals surface area contributed by atoms with Crippen LogP contribution in [0.2, 0.25) is 0 Å². The molecule has 0 radical (unpaired) electrons. The molecule has 0 saturated heterocycles. The summed E-state index contributed by atoms with van der Waals surface area (Å²) in [6.07, 6.45) is 3.53. The first-order valence-electron chi connectivity index (χ1n) is 7.09. The van der Waals surface area contributed by atoms with Crippen LogP contribution in [0.5, 0.6) is 0 Å². The highest BCUT2D eigenvalue weighted by atomic mass is 16.2. The predicted octanol–water partition coefficient (Wildman–Crippen LogP) is 2.56. The summed E-state index contributed by atoms with van der Waals surface area (Å²) in [5, 5.41) is 11.2. The van der Waals surface area contributed by atoms with Crippen molar-refractivity contribution in [2.24, 2.45) is 0 Å². The fourth-order valence-corrected chi connectivity index (χ4v) is 1.80. The van der Waals surface area contributed by atoms with Crippen LogP contribution in [0.25, 0.3) is 0 Å². The Balaban J connectivity index is 2.53. The summed E-state index contributed by atoms with van der Waals surface area (Å²) in [4.78, 5) is 13.8. The van der Waals surface area contributed by atoms with Gasteiger partial charge in [-0.15, -0.1) is 10.2 Å². The van der Waals surface area contributed by atoms with Gasteiger partial charge in [-0.3, -0.25) is 4.79 Å². The van der Waals surface area contributed by atoms with E-state index in [2.05, 4.69) is 22.4 Å². The highest BCUT2D eigenvalue weighted by Gasteiger charge is 2.14. The van der Waals surface area contributed by atoms with Crippen molar-refractivity contribution in [1.29, 1.82) is 0 Å². The summed E-state index contributed by atoms with van der Waals surface area (Å²) in [5.74, 6) is 0.669. The summed E-state index contributed by atoms with van der Waals surface area (Å²) in [7, 11) is 0. The molecule has 1 heterocycles. The van der Waals surface area contributed by atoms with Gasteiger partial charge in [-0.05, 0) is 32.4 Å². The first-order valence-corrected chi connectivity index (χ1v) is 7.09. The minimum atomic E-state index is -0.0602. The normalized spacial score (nSPS) is 10.3. The molecule has 0 spiro atoms. The van der Waals surface area contributed by atoms with Gasteiger partial charge in [-0.1, -0.05) is 19.8 Å². The second kappa shape index (κ2) is 8.45. The number of rotatable bonds is 8. The quantitative estimate of drug-likeness (QED) is 0.733. The average Bonchev–Trinajstić information content (AvgIpc) is 2.45. The highest BCUT2D eigenvalue weighted by molar-refractivity contribution is 5.92. The molecule has 1 aromatic rings. The van der Waals surface area contributed by atoms with Crippen LogP contribution < -0.4 is 5.32 Å². The van der Waals surface area contributed by atoms with E-state index in [-0.39, 0.29) is 5.91 Å². The number of hydrogen-bond donors (Lipinski definition) is 1. The van der Waals surface area contributed by atoms with Crippen molar-refractivity contribution in [3.05, 3.63) is 17.8 Å². The molecule has 19 heavy (non-hydrogen) atoms. The Kier molecular flexibility index (Phi) is 6.85. The lowest BCUT2D eigenvalue weighted by molar-refractivity contribution is 0.0766. The third kappa shape index (κ3) is 4.85. The third-order valence-corrected chi connectivity index (χ3v) is 3.02. The second-order valence-corrected chi connectivity index (χ2v) is 4.42. The van der Waals surface area contributed by atoms with Gasteiger partial charge in [0.05, 0.1) is 0 Å². The Morgan fingerprint density at radius 2 is 1.89 bits per heavy atom. The van der Waals surface area contributed by atoms with Gasteiger partial charge >= 0.3 is 0 Å². The van der Waals surface area contributed by atoms with Gasteiger partial charge in [-0.2, -0.15) is 0 Å². The second-order valence-electron chi connectivity index (χ2n) is 4.42. The molecule has 5 nitrogen and oxygen atoms in total. The Labute approximate surface area is 115 Å². The van der Waals surface area contributed by atoms with Crippen LogP contribution >= 0.6 is 0 Å². The maximum atomic E-state index is 12.0. The molecule has 106 valence electrons. The van der Waals surface area contributed by atoms with E-state index in [1.165, 1.54) is 12.8 Å². The number of unbranched alkanes of at least 4 members (excludes halogenated alkanes) is 2. The van der Waals surface area contributed by atoms with Gasteiger partial charge < -0.3 is 10.2 Å². The van der Waals surface area contributed by atoms with Crippen molar-refractivity contribution in [3.8, 4) is 0 Å². The monoisotopic (exact) mass is 264 g/mol. The zero-order chi connectivity index (χ0) is 14.1. The van der Waals surface area contributed by atoms with Crippen LogP contribution in [-0.2, 0) is 0 Å². The Hall–Kier alpha value is -1.65. The molecule has 1 amide bonds. The number of hydrogen-bond acceptors (Lipinski definition) is 4. The molecule has 0 aromatic carbocycles. The fourth-order valence-electron chi connectivity index (χ4n) is 1.80. The van der Waals surface area contributed by atoms with Crippen LogP contribution in [0.4, 0.5) is 5.82 Å². The lowest BCUT2D eigenvalue weighted by atomic mass is 10.2. The summed E-state index contributed by atoms with van der Waals surface area (Å²) < 4.78 is 0. The van der Waals surface area contributed by atoms with Crippen LogP contribution in [-0.4, -0.2) is 40.6 Å². The average molecular weight is 264 g/mol. The van der Waals surface area contributed by atoms with E-state index in [9.17, 15) is 4.79 Å². The third-order valence-electron chi connectivity index (χ3n) is 3.02. The largest absolute Gasteiger partial charge is 0.369 e. The van der Waals surface area contributed by atoms with Crippen molar-refractivity contribution in [3.63, 3.8) is 0 Å². The van der Waals surface area contributed by atoms with E-state index >= 15 is 0 Å². The minimum absolute atomic E-state index is 0.0602. The smallest absolute Gasteiger partial charge is 0.274 e. The van der Waals surface area contributed by atoms with Crippen LogP contribution in [0.1, 0.15) is 50.5 Å². The SMILES string of the molecule is CCCCCNc1ccc(C(=O)N(CC)CC)nn1. The zero-order valence-corrected chi connectivity index (χ0v) is 12.1. The number of anilines is 1. The molecule has 1 rings (SSSR count). The number of carbonyl (C=O) groups is 1. The minimum Gasteiger partial charge on any atom is -0.369 e. The van der Waals surface area contributed by atoms with E-state index in [4.69, 9.17) is 0 Å². The predicted molar refractivity (Wildman–Crippen MR) is 77.3 cm³/mol. The van der Waals surface area contributed by atoms with Gasteiger partial charge in [0.2, 0.25) is 0 Å². The number of nitrogens with zero attached hydrogens (tertiary/aromatic N) is 3. The highest BCUT2D eigenvalue weighted by Crippen LogP contribution is 2.05. The topological polar surface area (TPSA) is 58.1 Å². The molecule has 1 N–H and O–H groups in total. The Bertz CT molecular complexity index is 374. The van der Waals surface area contributed by atoms with Crippen molar-refractivity contribution in [2.75, 3.05) is 25.0 Å². The summed E-state index contributed by atoms with van der Waals surface area (Å²) >= 11 is 0. The van der Waals surface area contributed by atoms with Gasteiger partial charge in [-0.25, -0.2) is 0 Å². The van der Waals surface area contributed by atoms with E-state index < -0.39 is 0 Å². The first-order chi connectivity index (χ1) is 9.22. The van der Waals surface area contributed by atoms with Gasteiger partial charge in [0, 0.05) is 19.6 Å². The van der Waals surface area contributed by atoms with Crippen LogP contribution in [0.3, 0.4) is 0 Å².